The largest absolute Gasteiger partial charge is 0.508 e. The van der Waals surface area contributed by atoms with E-state index in [9.17, 15) is 24.9 Å². The van der Waals surface area contributed by atoms with Gasteiger partial charge in [-0.25, -0.2) is 0 Å². The van der Waals surface area contributed by atoms with E-state index in [1.807, 2.05) is 0 Å². The van der Waals surface area contributed by atoms with Gasteiger partial charge in [-0.15, -0.1) is 0 Å². The van der Waals surface area contributed by atoms with E-state index >= 15 is 0 Å². The molecule has 0 unspecified atom stereocenters. The zero-order valence-corrected chi connectivity index (χ0v) is 13.7. The first-order chi connectivity index (χ1) is 12.5. The third kappa shape index (κ3) is 1.94. The number of hydrogen-bond donors (Lipinski definition) is 3. The first-order valence-corrected chi connectivity index (χ1v) is 8.57. The van der Waals surface area contributed by atoms with Gasteiger partial charge < -0.3 is 20.1 Å². The Balaban J connectivity index is 1.74. The van der Waals surface area contributed by atoms with Crippen LogP contribution in [-0.2, 0) is 4.74 Å². The van der Waals surface area contributed by atoms with Crippen molar-refractivity contribution in [1.82, 2.24) is 0 Å². The van der Waals surface area contributed by atoms with Gasteiger partial charge in [-0.3, -0.25) is 9.59 Å². The maximum absolute atomic E-state index is 12.8. The molecule has 3 aliphatic rings. The molecule has 0 radical (unpaired) electrons. The summed E-state index contributed by atoms with van der Waals surface area (Å²) < 4.78 is 5.28. The summed E-state index contributed by atoms with van der Waals surface area (Å²) in [4.78, 5) is 25.1. The predicted molar refractivity (Wildman–Crippen MR) is 89.6 cm³/mol. The lowest BCUT2D eigenvalue weighted by Gasteiger charge is -2.29. The molecule has 0 bridgehead atoms. The third-order valence-corrected chi connectivity index (χ3v) is 5.66. The van der Waals surface area contributed by atoms with E-state index in [2.05, 4.69) is 0 Å². The minimum atomic E-state index is -1.05. The quantitative estimate of drug-likeness (QED) is 0.679. The molecule has 4 atom stereocenters. The van der Waals surface area contributed by atoms with Crippen molar-refractivity contribution in [2.75, 3.05) is 0 Å². The molecule has 26 heavy (non-hydrogen) atoms. The van der Waals surface area contributed by atoms with Crippen LogP contribution in [0.1, 0.15) is 62.3 Å². The topological polar surface area (TPSA) is 107 Å². The van der Waals surface area contributed by atoms with Gasteiger partial charge in [-0.2, -0.15) is 0 Å². The molecule has 6 nitrogen and oxygen atoms in total. The summed E-state index contributed by atoms with van der Waals surface area (Å²) in [5.41, 5.74) is 2.08. The molecule has 1 aliphatic heterocycles. The molecule has 3 N–H and O–H groups in total. The smallest absolute Gasteiger partial charge is 0.195 e. The molecule has 2 aromatic carbocycles. The van der Waals surface area contributed by atoms with Gasteiger partial charge in [0.25, 0.3) is 0 Å². The number of hydrogen-bond acceptors (Lipinski definition) is 6. The van der Waals surface area contributed by atoms with Gasteiger partial charge >= 0.3 is 0 Å². The minimum Gasteiger partial charge on any atom is -0.508 e. The van der Waals surface area contributed by atoms with Crippen LogP contribution in [0.4, 0.5) is 0 Å². The minimum absolute atomic E-state index is 0.0678. The summed E-state index contributed by atoms with van der Waals surface area (Å²) in [5, 5.41) is 30.8. The number of aliphatic hydroxyl groups is 1. The van der Waals surface area contributed by atoms with Gasteiger partial charge in [0.05, 0.1) is 5.56 Å². The molecule has 2 aliphatic carbocycles. The number of rotatable bonds is 1. The highest BCUT2D eigenvalue weighted by Crippen LogP contribution is 2.50. The Hall–Kier alpha value is -2.70. The molecular weight excluding hydrogens is 336 g/mol. The summed E-state index contributed by atoms with van der Waals surface area (Å²) in [5.74, 6) is -0.863. The van der Waals surface area contributed by atoms with Gasteiger partial charge in [0.1, 0.15) is 29.8 Å². The zero-order chi connectivity index (χ0) is 18.2. The van der Waals surface area contributed by atoms with Crippen molar-refractivity contribution in [2.45, 2.75) is 37.1 Å². The number of benzene rings is 2. The maximum Gasteiger partial charge on any atom is 0.195 e. The van der Waals surface area contributed by atoms with Crippen molar-refractivity contribution in [3.05, 3.63) is 58.1 Å². The Morgan fingerprint density at radius 3 is 2.54 bits per heavy atom. The number of ketones is 2. The highest BCUT2D eigenvalue weighted by atomic mass is 16.6. The molecule has 1 fully saturated rings. The van der Waals surface area contributed by atoms with E-state index in [4.69, 9.17) is 4.74 Å². The summed E-state index contributed by atoms with van der Waals surface area (Å²) in [6, 6.07) is 8.05. The molecule has 0 saturated carbocycles. The lowest BCUT2D eigenvalue weighted by atomic mass is 9.73. The highest BCUT2D eigenvalue weighted by Gasteiger charge is 2.56. The van der Waals surface area contributed by atoms with Gasteiger partial charge in [-0.1, -0.05) is 18.2 Å². The Morgan fingerprint density at radius 2 is 1.73 bits per heavy atom. The Morgan fingerprint density at radius 1 is 0.962 bits per heavy atom. The van der Waals surface area contributed by atoms with Crippen LogP contribution in [0.15, 0.2) is 30.3 Å². The second-order valence-electron chi connectivity index (χ2n) is 7.05. The number of phenols is 2. The first-order valence-electron chi connectivity index (χ1n) is 8.57. The number of aliphatic hydroxyl groups excluding tert-OH is 1. The average molecular weight is 352 g/mol. The standard InChI is InChI=1S/C20H16O6/c21-11-3-1-2-9-8(4-6-12(22)14(9)11)10-5-7-13(23)16-15(10)17(24)19-20(26-19)18(16)25/h1-3,5,7-8,18-21,23,25H,4,6H2/t8-,18-,19+,20-/m1/s1. The van der Waals surface area contributed by atoms with Crippen molar-refractivity contribution < 1.29 is 29.6 Å². The fourth-order valence-electron chi connectivity index (χ4n) is 4.40. The average Bonchev–Trinajstić information content (AvgIpc) is 3.42. The Kier molecular flexibility index (Phi) is 3.08. The van der Waals surface area contributed by atoms with E-state index in [1.54, 1.807) is 18.2 Å². The van der Waals surface area contributed by atoms with Gasteiger partial charge in [0, 0.05) is 23.5 Å². The van der Waals surface area contributed by atoms with Crippen molar-refractivity contribution >= 4 is 11.6 Å². The normalized spacial score (nSPS) is 29.0. The van der Waals surface area contributed by atoms with Crippen molar-refractivity contribution in [2.24, 2.45) is 0 Å². The second-order valence-corrected chi connectivity index (χ2v) is 7.05. The third-order valence-electron chi connectivity index (χ3n) is 5.66. The van der Waals surface area contributed by atoms with Crippen LogP contribution in [0.2, 0.25) is 0 Å². The first kappa shape index (κ1) is 15.5. The van der Waals surface area contributed by atoms with Crippen molar-refractivity contribution in [3.63, 3.8) is 0 Å². The van der Waals surface area contributed by atoms with Crippen LogP contribution in [0, 0.1) is 0 Å². The monoisotopic (exact) mass is 352 g/mol. The van der Waals surface area contributed by atoms with Gasteiger partial charge in [-0.05, 0) is 29.7 Å². The molecule has 1 saturated heterocycles. The fraction of sp³-hybridized carbons (Fsp3) is 0.300. The number of carbonyl (C=O) groups is 2. The molecule has 5 rings (SSSR count). The van der Waals surface area contributed by atoms with Crippen molar-refractivity contribution in [1.29, 1.82) is 0 Å². The molecular formula is C20H16O6. The molecule has 132 valence electrons. The van der Waals surface area contributed by atoms with Crippen LogP contribution in [-0.4, -0.2) is 39.1 Å². The number of fused-ring (bicyclic) bond motifs is 3. The van der Waals surface area contributed by atoms with E-state index in [1.165, 1.54) is 12.1 Å². The second kappa shape index (κ2) is 5.16. The highest BCUT2D eigenvalue weighted by molar-refractivity contribution is 6.07. The van der Waals surface area contributed by atoms with Crippen LogP contribution in [0.3, 0.4) is 0 Å². The fourth-order valence-corrected chi connectivity index (χ4v) is 4.40. The number of aromatic hydroxyl groups is 2. The van der Waals surface area contributed by atoms with Crippen LogP contribution < -0.4 is 0 Å². The number of ether oxygens (including phenoxy) is 1. The van der Waals surface area contributed by atoms with Gasteiger partial charge in [0.2, 0.25) is 0 Å². The van der Waals surface area contributed by atoms with Crippen LogP contribution in [0.5, 0.6) is 11.5 Å². The Bertz CT molecular complexity index is 979. The molecule has 0 aromatic heterocycles. The van der Waals surface area contributed by atoms with Crippen molar-refractivity contribution in [3.8, 4) is 11.5 Å². The number of phenolic OH excluding ortho intramolecular Hbond substituents is 2. The van der Waals surface area contributed by atoms with E-state index < -0.39 is 18.3 Å². The summed E-state index contributed by atoms with van der Waals surface area (Å²) >= 11 is 0. The number of Topliss-reactive ketones (excluding diaryl/α,β-unsaturated/α-hetero) is 2. The summed E-state index contributed by atoms with van der Waals surface area (Å²) in [7, 11) is 0. The molecule has 6 heteroatoms. The number of carbonyl (C=O) groups excluding carboxylic acids is 2. The number of epoxide rings is 1. The zero-order valence-electron chi connectivity index (χ0n) is 13.7. The molecule has 1 heterocycles. The molecule has 0 amide bonds. The lowest BCUT2D eigenvalue weighted by molar-refractivity contribution is 0.0937. The maximum atomic E-state index is 12.8. The summed E-state index contributed by atoms with van der Waals surface area (Å²) in [6.07, 6.45) is -1.58. The van der Waals surface area contributed by atoms with E-state index in [0.717, 1.165) is 0 Å². The molecule has 0 spiro atoms. The van der Waals surface area contributed by atoms with Crippen LogP contribution in [0.25, 0.3) is 0 Å². The van der Waals surface area contributed by atoms with E-state index in [0.29, 0.717) is 17.5 Å². The van der Waals surface area contributed by atoms with Gasteiger partial charge in [0.15, 0.2) is 11.6 Å². The van der Waals surface area contributed by atoms with Crippen LogP contribution >= 0.6 is 0 Å². The predicted octanol–water partition coefficient (Wildman–Crippen LogP) is 2.20. The summed E-state index contributed by atoms with van der Waals surface area (Å²) in [6.45, 7) is 0. The molecule has 2 aromatic rings. The van der Waals surface area contributed by atoms with E-state index in [-0.39, 0.29) is 52.1 Å². The SMILES string of the molecule is O=C1CC[C@@H](c2ccc(O)c3c2C(=O)[C@@H]2O[C@@H]2[C@@H]3O)c2cccc(O)c21. The Labute approximate surface area is 148 Å². The lowest BCUT2D eigenvalue weighted by Crippen LogP contribution is -2.28.